The number of hydrogen-bond donors (Lipinski definition) is 1. The van der Waals surface area contributed by atoms with Gasteiger partial charge in [0.2, 0.25) is 0 Å². The molecule has 0 aromatic rings. The fourth-order valence-corrected chi connectivity index (χ4v) is 0.752. The molecule has 0 radical (unpaired) electrons. The monoisotopic (exact) mass is 129 g/mol. The van der Waals surface area contributed by atoms with Gasteiger partial charge in [-0.3, -0.25) is 0 Å². The van der Waals surface area contributed by atoms with E-state index in [9.17, 15) is 0 Å². The van der Waals surface area contributed by atoms with Crippen molar-refractivity contribution in [3.05, 3.63) is 0 Å². The summed E-state index contributed by atoms with van der Waals surface area (Å²) in [6, 6.07) is 0.388. The van der Waals surface area contributed by atoms with E-state index in [4.69, 9.17) is 5.73 Å². The van der Waals surface area contributed by atoms with Gasteiger partial charge in [0.05, 0.1) is 0 Å². The first kappa shape index (κ1) is 8.96. The second kappa shape index (κ2) is 4.80. The van der Waals surface area contributed by atoms with Gasteiger partial charge in [0.1, 0.15) is 0 Å². The molecule has 2 N–H and O–H groups in total. The van der Waals surface area contributed by atoms with Gasteiger partial charge in [-0.15, -0.1) is 0 Å². The molecule has 0 saturated carbocycles. The number of rotatable bonds is 4. The molecular weight excluding hydrogens is 110 g/mol. The zero-order chi connectivity index (χ0) is 7.28. The molecule has 0 bridgehead atoms. The summed E-state index contributed by atoms with van der Waals surface area (Å²) >= 11 is 0. The summed E-state index contributed by atoms with van der Waals surface area (Å²) in [5.41, 5.74) is 5.60. The molecule has 56 valence electrons. The minimum absolute atomic E-state index is 0.388. The molecule has 1 nitrogen and oxygen atoms in total. The van der Waals surface area contributed by atoms with Crippen molar-refractivity contribution in [2.24, 2.45) is 11.7 Å². The van der Waals surface area contributed by atoms with Crippen molar-refractivity contribution in [3.8, 4) is 0 Å². The maximum atomic E-state index is 5.60. The Kier molecular flexibility index (Phi) is 4.78. The smallest absolute Gasteiger partial charge is 0.00105 e. The summed E-state index contributed by atoms with van der Waals surface area (Å²) in [5.74, 6) is 0.857. The van der Waals surface area contributed by atoms with Crippen LogP contribution in [0.3, 0.4) is 0 Å². The third kappa shape index (κ3) is 5.84. The van der Waals surface area contributed by atoms with E-state index in [0.29, 0.717) is 6.04 Å². The molecule has 0 rings (SSSR count). The van der Waals surface area contributed by atoms with Crippen LogP contribution in [0.2, 0.25) is 0 Å². The van der Waals surface area contributed by atoms with Crippen molar-refractivity contribution in [1.29, 1.82) is 0 Å². The van der Waals surface area contributed by atoms with Crippen molar-refractivity contribution in [2.45, 2.75) is 46.1 Å². The van der Waals surface area contributed by atoms with Crippen molar-refractivity contribution in [2.75, 3.05) is 0 Å². The average Bonchev–Trinajstić information content (AvgIpc) is 1.83. The van der Waals surface area contributed by atoms with Crippen LogP contribution >= 0.6 is 0 Å². The quantitative estimate of drug-likeness (QED) is 0.618. The minimum atomic E-state index is 0.388. The lowest BCUT2D eigenvalue weighted by atomic mass is 10.0. The Bertz CT molecular complexity index is 59.6. The van der Waals surface area contributed by atoms with Gasteiger partial charge in [0.15, 0.2) is 0 Å². The van der Waals surface area contributed by atoms with Crippen molar-refractivity contribution >= 4 is 0 Å². The Balaban J connectivity index is 3.06. The highest BCUT2D eigenvalue weighted by Gasteiger charge is 1.99. The lowest BCUT2D eigenvalue weighted by Crippen LogP contribution is -2.15. The summed E-state index contributed by atoms with van der Waals surface area (Å²) in [7, 11) is 0. The lowest BCUT2D eigenvalue weighted by Gasteiger charge is -2.09. The Morgan fingerprint density at radius 1 is 1.22 bits per heavy atom. The summed E-state index contributed by atoms with van der Waals surface area (Å²) < 4.78 is 0. The van der Waals surface area contributed by atoms with Crippen LogP contribution in [0.5, 0.6) is 0 Å². The summed E-state index contributed by atoms with van der Waals surface area (Å²) in [4.78, 5) is 0. The highest BCUT2D eigenvalue weighted by molar-refractivity contribution is 4.56. The molecule has 0 saturated heterocycles. The van der Waals surface area contributed by atoms with Gasteiger partial charge in [0, 0.05) is 6.04 Å². The van der Waals surface area contributed by atoms with Crippen LogP contribution in [-0.4, -0.2) is 6.04 Å². The second-order valence-corrected chi connectivity index (χ2v) is 3.07. The molecule has 1 unspecified atom stereocenters. The Morgan fingerprint density at radius 3 is 2.11 bits per heavy atom. The van der Waals surface area contributed by atoms with Gasteiger partial charge in [0.25, 0.3) is 0 Å². The molecule has 0 aliphatic heterocycles. The summed E-state index contributed by atoms with van der Waals surface area (Å²) in [6.07, 6.45) is 3.75. The van der Waals surface area contributed by atoms with Crippen LogP contribution < -0.4 is 5.73 Å². The molecule has 2 atom stereocenters. The van der Waals surface area contributed by atoms with Crippen LogP contribution in [0, 0.1) is 5.92 Å². The highest BCUT2D eigenvalue weighted by Crippen LogP contribution is 2.09. The molecule has 9 heavy (non-hydrogen) atoms. The molecule has 0 amide bonds. The molecule has 1 heteroatoms. The zero-order valence-electron chi connectivity index (χ0n) is 6.85. The third-order valence-electron chi connectivity index (χ3n) is 1.81. The normalized spacial score (nSPS) is 17.3. The Labute approximate surface area is 58.6 Å². The first-order chi connectivity index (χ1) is 4.16. The fraction of sp³-hybridized carbons (Fsp3) is 1.00. The molecule has 0 aromatic heterocycles. The van der Waals surface area contributed by atoms with Crippen LogP contribution in [0.15, 0.2) is 0 Å². The van der Waals surface area contributed by atoms with Gasteiger partial charge >= 0.3 is 0 Å². The van der Waals surface area contributed by atoms with Gasteiger partial charge in [-0.05, 0) is 25.7 Å². The molecule has 0 aromatic carbocycles. The second-order valence-electron chi connectivity index (χ2n) is 3.07. The van der Waals surface area contributed by atoms with Crippen molar-refractivity contribution < 1.29 is 0 Å². The Hall–Kier alpha value is -0.0400. The van der Waals surface area contributed by atoms with E-state index in [-0.39, 0.29) is 0 Å². The maximum absolute atomic E-state index is 5.60. The van der Waals surface area contributed by atoms with E-state index in [0.717, 1.165) is 5.92 Å². The zero-order valence-corrected chi connectivity index (χ0v) is 6.85. The maximum Gasteiger partial charge on any atom is 0.00105 e. The van der Waals surface area contributed by atoms with Gasteiger partial charge in [-0.1, -0.05) is 20.3 Å². The average molecular weight is 129 g/mol. The van der Waals surface area contributed by atoms with Crippen molar-refractivity contribution in [1.82, 2.24) is 0 Å². The van der Waals surface area contributed by atoms with E-state index < -0.39 is 0 Å². The summed E-state index contributed by atoms with van der Waals surface area (Å²) in [5, 5.41) is 0. The molecule has 0 aliphatic carbocycles. The Morgan fingerprint density at radius 2 is 1.78 bits per heavy atom. The third-order valence-corrected chi connectivity index (χ3v) is 1.81. The molecular formula is C8H19N. The molecule has 0 spiro atoms. The van der Waals surface area contributed by atoms with Crippen LogP contribution in [0.4, 0.5) is 0 Å². The predicted octanol–water partition coefficient (Wildman–Crippen LogP) is 2.16. The summed E-state index contributed by atoms with van der Waals surface area (Å²) in [6.45, 7) is 6.58. The number of nitrogens with two attached hydrogens (primary N) is 1. The van der Waals surface area contributed by atoms with E-state index in [1.807, 2.05) is 0 Å². The molecule has 0 fully saturated rings. The minimum Gasteiger partial charge on any atom is -0.328 e. The largest absolute Gasteiger partial charge is 0.328 e. The van der Waals surface area contributed by atoms with E-state index >= 15 is 0 Å². The van der Waals surface area contributed by atoms with Gasteiger partial charge in [-0.25, -0.2) is 0 Å². The first-order valence-corrected chi connectivity index (χ1v) is 3.92. The topological polar surface area (TPSA) is 26.0 Å². The molecule has 0 aliphatic rings. The van der Waals surface area contributed by atoms with Crippen molar-refractivity contribution in [3.63, 3.8) is 0 Å². The van der Waals surface area contributed by atoms with Gasteiger partial charge in [-0.2, -0.15) is 0 Å². The lowest BCUT2D eigenvalue weighted by molar-refractivity contribution is 0.469. The van der Waals surface area contributed by atoms with Crippen LogP contribution in [0.25, 0.3) is 0 Å². The van der Waals surface area contributed by atoms with E-state index in [2.05, 4.69) is 20.8 Å². The SMILES string of the molecule is CCC(C)CC[C@@H](C)N. The standard InChI is InChI=1S/C8H19N/c1-4-7(2)5-6-8(3)9/h7-8H,4-6,9H2,1-3H3/t7?,8-/m1/s1. The molecule has 0 heterocycles. The highest BCUT2D eigenvalue weighted by atomic mass is 14.6. The first-order valence-electron chi connectivity index (χ1n) is 3.92. The van der Waals surface area contributed by atoms with E-state index in [1.54, 1.807) is 0 Å². The van der Waals surface area contributed by atoms with E-state index in [1.165, 1.54) is 19.3 Å². The number of hydrogen-bond acceptors (Lipinski definition) is 1. The van der Waals surface area contributed by atoms with Crippen LogP contribution in [-0.2, 0) is 0 Å². The predicted molar refractivity (Wildman–Crippen MR) is 42.3 cm³/mol. The fourth-order valence-electron chi connectivity index (χ4n) is 0.752. The van der Waals surface area contributed by atoms with Crippen LogP contribution in [0.1, 0.15) is 40.0 Å². The van der Waals surface area contributed by atoms with Gasteiger partial charge < -0.3 is 5.73 Å².